The highest BCUT2D eigenvalue weighted by Crippen LogP contribution is 2.44. The number of hydrogen-bond acceptors (Lipinski definition) is 2. The number of nitrogens with one attached hydrogen (secondary N) is 1. The number of benzene rings is 1. The van der Waals surface area contributed by atoms with E-state index in [1.165, 1.54) is 11.1 Å². The molecule has 1 saturated heterocycles. The van der Waals surface area contributed by atoms with Gasteiger partial charge in [-0.2, -0.15) is 0 Å². The number of ether oxygens (including phenoxy) is 1. The molecule has 0 unspecified atom stereocenters. The maximum atomic E-state index is 6.22. The molecule has 1 aromatic rings. The predicted octanol–water partition coefficient (Wildman–Crippen LogP) is 3.13. The van der Waals surface area contributed by atoms with Gasteiger partial charge in [0.05, 0.1) is 12.2 Å². The summed E-state index contributed by atoms with van der Waals surface area (Å²) in [5.41, 5.74) is 2.56. The van der Waals surface area contributed by atoms with Crippen LogP contribution in [-0.2, 0) is 11.3 Å². The molecule has 0 bridgehead atoms. The van der Waals surface area contributed by atoms with Crippen molar-refractivity contribution in [2.75, 3.05) is 13.1 Å². The number of rotatable bonds is 1. The van der Waals surface area contributed by atoms with Gasteiger partial charge in [-0.15, -0.1) is 12.4 Å². The van der Waals surface area contributed by atoms with Crippen molar-refractivity contribution >= 4 is 24.0 Å². The zero-order valence-electron chi connectivity index (χ0n) is 9.83. The Bertz CT molecular complexity index is 424. The lowest BCUT2D eigenvalue weighted by Gasteiger charge is -2.39. The van der Waals surface area contributed by atoms with Crippen molar-refractivity contribution in [1.82, 2.24) is 5.32 Å². The van der Waals surface area contributed by atoms with Gasteiger partial charge in [-0.1, -0.05) is 30.7 Å². The van der Waals surface area contributed by atoms with Gasteiger partial charge in [0.15, 0.2) is 0 Å². The Morgan fingerprint density at radius 1 is 1.53 bits per heavy atom. The van der Waals surface area contributed by atoms with Gasteiger partial charge in [-0.3, -0.25) is 0 Å². The molecule has 0 aromatic heterocycles. The summed E-state index contributed by atoms with van der Waals surface area (Å²) in [6, 6.07) is 6.20. The summed E-state index contributed by atoms with van der Waals surface area (Å²) in [6.07, 6.45) is 1.05. The number of halogens is 2. The highest BCUT2D eigenvalue weighted by molar-refractivity contribution is 6.31. The van der Waals surface area contributed by atoms with E-state index in [0.717, 1.165) is 24.5 Å². The first kappa shape index (κ1) is 13.2. The highest BCUT2D eigenvalue weighted by Gasteiger charge is 2.46. The summed E-state index contributed by atoms with van der Waals surface area (Å²) in [6.45, 7) is 4.82. The highest BCUT2D eigenvalue weighted by atomic mass is 35.5. The summed E-state index contributed by atoms with van der Waals surface area (Å²) in [5, 5.41) is 4.29. The first-order valence-corrected chi connectivity index (χ1v) is 6.26. The van der Waals surface area contributed by atoms with E-state index in [-0.39, 0.29) is 18.0 Å². The third-order valence-electron chi connectivity index (χ3n) is 4.04. The van der Waals surface area contributed by atoms with Gasteiger partial charge in [0, 0.05) is 24.0 Å². The van der Waals surface area contributed by atoms with Crippen LogP contribution < -0.4 is 5.32 Å². The summed E-state index contributed by atoms with van der Waals surface area (Å²) in [4.78, 5) is 0. The molecule has 0 radical (unpaired) electrons. The fourth-order valence-corrected chi connectivity index (χ4v) is 3.26. The van der Waals surface area contributed by atoms with Gasteiger partial charge in [-0.25, -0.2) is 0 Å². The quantitative estimate of drug-likeness (QED) is 0.849. The van der Waals surface area contributed by atoms with E-state index in [4.69, 9.17) is 16.3 Å². The van der Waals surface area contributed by atoms with Crippen LogP contribution in [0.3, 0.4) is 0 Å². The second-order valence-corrected chi connectivity index (χ2v) is 5.11. The lowest BCUT2D eigenvalue weighted by molar-refractivity contribution is -0.0678. The van der Waals surface area contributed by atoms with Gasteiger partial charge in [0.1, 0.15) is 0 Å². The molecule has 3 rings (SSSR count). The summed E-state index contributed by atoms with van der Waals surface area (Å²) in [5.74, 6) is 0.458. The molecule has 0 aliphatic carbocycles. The van der Waals surface area contributed by atoms with Crippen molar-refractivity contribution in [2.45, 2.75) is 31.5 Å². The summed E-state index contributed by atoms with van der Waals surface area (Å²) < 4.78 is 6.10. The molecule has 2 atom stereocenters. The molecule has 2 heterocycles. The average molecular weight is 274 g/mol. The zero-order chi connectivity index (χ0) is 11.2. The normalized spacial score (nSPS) is 30.4. The second-order valence-electron chi connectivity index (χ2n) is 4.70. The second kappa shape index (κ2) is 4.77. The number of hydrogen-bond donors (Lipinski definition) is 1. The van der Waals surface area contributed by atoms with Crippen LogP contribution in [0.1, 0.15) is 30.4 Å². The number of fused-ring (bicyclic) bond motifs is 3. The molecular formula is C13H17Cl2NO. The molecule has 0 saturated carbocycles. The minimum Gasteiger partial charge on any atom is -0.368 e. The van der Waals surface area contributed by atoms with E-state index in [0.29, 0.717) is 12.5 Å². The SMILES string of the molecule is CC[C@@]12CNC[C@H]1c1cccc(Cl)c1CO2.Cl. The van der Waals surface area contributed by atoms with Crippen LogP contribution in [0.15, 0.2) is 18.2 Å². The Hall–Kier alpha value is -0.280. The van der Waals surface area contributed by atoms with E-state index < -0.39 is 0 Å². The lowest BCUT2D eigenvalue weighted by atomic mass is 9.79. The van der Waals surface area contributed by atoms with Gasteiger partial charge in [0.25, 0.3) is 0 Å². The van der Waals surface area contributed by atoms with Crippen molar-refractivity contribution in [1.29, 1.82) is 0 Å². The Kier molecular flexibility index (Phi) is 3.69. The maximum Gasteiger partial charge on any atom is 0.0888 e. The van der Waals surface area contributed by atoms with Gasteiger partial charge < -0.3 is 10.1 Å². The van der Waals surface area contributed by atoms with Crippen LogP contribution >= 0.6 is 24.0 Å². The van der Waals surface area contributed by atoms with Crippen LogP contribution in [0.5, 0.6) is 0 Å². The van der Waals surface area contributed by atoms with Crippen LogP contribution in [0, 0.1) is 0 Å². The Morgan fingerprint density at radius 2 is 2.35 bits per heavy atom. The Labute approximate surface area is 113 Å². The van der Waals surface area contributed by atoms with Gasteiger partial charge in [-0.05, 0) is 23.6 Å². The Balaban J connectivity index is 0.00000108. The molecule has 4 heteroatoms. The monoisotopic (exact) mass is 273 g/mol. The largest absolute Gasteiger partial charge is 0.368 e. The van der Waals surface area contributed by atoms with E-state index >= 15 is 0 Å². The average Bonchev–Trinajstić information content (AvgIpc) is 2.74. The molecular weight excluding hydrogens is 257 g/mol. The fraction of sp³-hybridized carbons (Fsp3) is 0.538. The minimum absolute atomic E-state index is 0. The molecule has 17 heavy (non-hydrogen) atoms. The minimum atomic E-state index is -0.00230. The molecule has 2 nitrogen and oxygen atoms in total. The third-order valence-corrected chi connectivity index (χ3v) is 4.39. The zero-order valence-corrected chi connectivity index (χ0v) is 11.4. The summed E-state index contributed by atoms with van der Waals surface area (Å²) in [7, 11) is 0. The molecule has 1 aromatic carbocycles. The van der Waals surface area contributed by atoms with Crippen LogP contribution in [0.25, 0.3) is 0 Å². The van der Waals surface area contributed by atoms with E-state index in [2.05, 4.69) is 18.3 Å². The molecule has 2 aliphatic rings. The van der Waals surface area contributed by atoms with Crippen LogP contribution in [-0.4, -0.2) is 18.7 Å². The first-order chi connectivity index (χ1) is 7.77. The smallest absolute Gasteiger partial charge is 0.0888 e. The van der Waals surface area contributed by atoms with Crippen molar-refractivity contribution in [3.8, 4) is 0 Å². The topological polar surface area (TPSA) is 21.3 Å². The fourth-order valence-electron chi connectivity index (χ4n) is 3.03. The van der Waals surface area contributed by atoms with E-state index in [1.54, 1.807) is 0 Å². The first-order valence-electron chi connectivity index (χ1n) is 5.89. The predicted molar refractivity (Wildman–Crippen MR) is 72.1 cm³/mol. The molecule has 0 amide bonds. The van der Waals surface area contributed by atoms with Crippen LogP contribution in [0.4, 0.5) is 0 Å². The molecule has 94 valence electrons. The summed E-state index contributed by atoms with van der Waals surface area (Å²) >= 11 is 6.22. The van der Waals surface area contributed by atoms with Crippen molar-refractivity contribution < 1.29 is 4.74 Å². The lowest BCUT2D eigenvalue weighted by Crippen LogP contribution is -2.42. The Morgan fingerprint density at radius 3 is 3.12 bits per heavy atom. The van der Waals surface area contributed by atoms with Crippen LogP contribution in [0.2, 0.25) is 5.02 Å². The van der Waals surface area contributed by atoms with Gasteiger partial charge in [0.2, 0.25) is 0 Å². The molecule has 1 N–H and O–H groups in total. The maximum absolute atomic E-state index is 6.22. The van der Waals surface area contributed by atoms with Crippen molar-refractivity contribution in [2.24, 2.45) is 0 Å². The molecule has 0 spiro atoms. The van der Waals surface area contributed by atoms with E-state index in [9.17, 15) is 0 Å². The van der Waals surface area contributed by atoms with Crippen molar-refractivity contribution in [3.05, 3.63) is 34.3 Å². The van der Waals surface area contributed by atoms with Gasteiger partial charge >= 0.3 is 0 Å². The standard InChI is InChI=1S/C13H16ClNO.ClH/c1-2-13-8-15-6-11(13)9-4-3-5-12(14)10(9)7-16-13;/h3-5,11,15H,2,6-8H2,1H3;1H/t11-,13+;/m0./s1. The van der Waals surface area contributed by atoms with E-state index in [1.807, 2.05) is 12.1 Å². The molecule has 1 fully saturated rings. The molecule has 2 aliphatic heterocycles. The van der Waals surface area contributed by atoms with Crippen molar-refractivity contribution in [3.63, 3.8) is 0 Å². The third kappa shape index (κ3) is 1.88.